The number of furan rings is 1. The van der Waals surface area contributed by atoms with Crippen LogP contribution >= 0.6 is 11.3 Å². The van der Waals surface area contributed by atoms with E-state index >= 15 is 0 Å². The Morgan fingerprint density at radius 3 is 2.50 bits per heavy atom. The van der Waals surface area contributed by atoms with Gasteiger partial charge in [0, 0.05) is 33.2 Å². The van der Waals surface area contributed by atoms with Crippen LogP contribution in [0.1, 0.15) is 74.2 Å². The molecule has 2 bridgehead atoms. The second kappa shape index (κ2) is 12.0. The number of aliphatic hydroxyl groups is 2. The number of Topliss-reactive ketones (excluding diaryl/α,β-unsaturated/α-hetero) is 1. The third-order valence-corrected chi connectivity index (χ3v) is 15.5. The van der Waals surface area contributed by atoms with Gasteiger partial charge in [-0.3, -0.25) is 4.79 Å². The molecule has 6 aliphatic carbocycles. The quantitative estimate of drug-likeness (QED) is 0.139. The minimum absolute atomic E-state index is 0.0391. The molecule has 8 unspecified atom stereocenters. The van der Waals surface area contributed by atoms with Crippen LogP contribution in [0.15, 0.2) is 107 Å². The van der Waals surface area contributed by atoms with Gasteiger partial charge < -0.3 is 24.3 Å². The largest absolute Gasteiger partial charge is 0.461 e. The summed E-state index contributed by atoms with van der Waals surface area (Å²) in [5.74, 6) is 0.831. The first-order valence-electron chi connectivity index (χ1n) is 18.9. The maximum absolute atomic E-state index is 14.5. The SMILES string of the molecule is CC12CCC(O)CC13C=CC1(C(C(=O)c4ccco4)=C3)C2CCC2(C)C1CCC2(O)CN(CCc1cccs1)C(=O)Oc1ccc2ccccc2c1. The zero-order chi connectivity index (χ0) is 35.9. The second-order valence-corrected chi connectivity index (χ2v) is 17.8. The number of thiophene rings is 1. The molecule has 8 atom stereocenters. The van der Waals surface area contributed by atoms with Crippen LogP contribution in [0, 0.1) is 33.5 Å². The predicted molar refractivity (Wildman–Crippen MR) is 201 cm³/mol. The summed E-state index contributed by atoms with van der Waals surface area (Å²) in [6.45, 7) is 5.13. The molecule has 2 heterocycles. The van der Waals surface area contributed by atoms with Crippen molar-refractivity contribution in [1.82, 2.24) is 4.90 Å². The molecule has 8 heteroatoms. The Hall–Kier alpha value is -3.98. The average molecular weight is 718 g/mol. The molecule has 2 aromatic heterocycles. The molecule has 3 fully saturated rings. The van der Waals surface area contributed by atoms with E-state index in [1.807, 2.05) is 53.9 Å². The third-order valence-electron chi connectivity index (χ3n) is 14.5. The zero-order valence-corrected chi connectivity index (χ0v) is 30.7. The minimum Gasteiger partial charge on any atom is -0.461 e. The molecule has 3 saturated carbocycles. The van der Waals surface area contributed by atoms with Crippen molar-refractivity contribution >= 4 is 34.0 Å². The fraction of sp³-hybridized carbons (Fsp3) is 0.455. The molecule has 7 nitrogen and oxygen atoms in total. The standard InChI is InChI=1S/C44H47NO6S/c1-40-17-13-31(46)26-42(40)20-21-44(34(27-42)38(47)35-10-5-23-50-35)36(40)14-18-41(2)37(44)15-19-43(41,49)28-45(22-16-33-9-6-24-52-33)39(48)51-32-12-11-29-7-3-4-8-30(29)25-32/h3-12,20-21,23-25,27,31,36-37,46,49H,13-19,22,26,28H2,1-2H3. The number of carbonyl (C=O) groups is 2. The Kier molecular flexibility index (Phi) is 7.82. The van der Waals surface area contributed by atoms with E-state index in [-0.39, 0.29) is 29.6 Å². The summed E-state index contributed by atoms with van der Waals surface area (Å²) >= 11 is 1.66. The summed E-state index contributed by atoms with van der Waals surface area (Å²) in [6, 6.07) is 21.3. The van der Waals surface area contributed by atoms with Gasteiger partial charge in [-0.05, 0) is 115 Å². The van der Waals surface area contributed by atoms with Crippen molar-refractivity contribution < 1.29 is 29.0 Å². The normalized spacial score (nSPS) is 35.8. The predicted octanol–water partition coefficient (Wildman–Crippen LogP) is 9.01. The maximum atomic E-state index is 14.5. The fourth-order valence-corrected chi connectivity index (χ4v) is 12.5. The molecule has 270 valence electrons. The van der Waals surface area contributed by atoms with Gasteiger partial charge in [-0.1, -0.05) is 68.5 Å². The van der Waals surface area contributed by atoms with Crippen molar-refractivity contribution in [3.63, 3.8) is 0 Å². The Balaban J connectivity index is 1.07. The Morgan fingerprint density at radius 2 is 1.71 bits per heavy atom. The zero-order valence-electron chi connectivity index (χ0n) is 29.9. The van der Waals surface area contributed by atoms with Crippen LogP contribution in [0.25, 0.3) is 10.8 Å². The van der Waals surface area contributed by atoms with Gasteiger partial charge in [0.1, 0.15) is 5.75 Å². The number of fused-ring (bicyclic) bond motifs is 2. The smallest absolute Gasteiger partial charge is 0.415 e. The Labute approximate surface area is 309 Å². The van der Waals surface area contributed by atoms with Crippen molar-refractivity contribution in [3.05, 3.63) is 113 Å². The van der Waals surface area contributed by atoms with Crippen molar-refractivity contribution in [3.8, 4) is 5.75 Å². The second-order valence-electron chi connectivity index (χ2n) is 16.7. The van der Waals surface area contributed by atoms with E-state index in [0.717, 1.165) is 48.4 Å². The van der Waals surface area contributed by atoms with Crippen LogP contribution in [-0.2, 0) is 6.42 Å². The van der Waals surface area contributed by atoms with E-state index in [2.05, 4.69) is 38.1 Å². The number of carbonyl (C=O) groups excluding carboxylic acids is 2. The van der Waals surface area contributed by atoms with Gasteiger partial charge in [0.15, 0.2) is 5.76 Å². The van der Waals surface area contributed by atoms with Crippen LogP contribution in [-0.4, -0.2) is 51.8 Å². The van der Waals surface area contributed by atoms with E-state index < -0.39 is 34.0 Å². The highest BCUT2D eigenvalue weighted by Gasteiger charge is 2.74. The molecule has 2 spiro atoms. The summed E-state index contributed by atoms with van der Waals surface area (Å²) in [7, 11) is 0. The fourth-order valence-electron chi connectivity index (χ4n) is 11.8. The average Bonchev–Trinajstić information content (AvgIpc) is 3.92. The molecule has 0 aliphatic heterocycles. The van der Waals surface area contributed by atoms with E-state index in [0.29, 0.717) is 37.3 Å². The molecule has 2 aromatic carbocycles. The van der Waals surface area contributed by atoms with E-state index in [1.165, 1.54) is 4.88 Å². The van der Waals surface area contributed by atoms with Crippen molar-refractivity contribution in [2.75, 3.05) is 13.1 Å². The van der Waals surface area contributed by atoms with Crippen molar-refractivity contribution in [1.29, 1.82) is 0 Å². The van der Waals surface area contributed by atoms with Crippen LogP contribution in [0.4, 0.5) is 4.79 Å². The maximum Gasteiger partial charge on any atom is 0.415 e. The number of aliphatic hydroxyl groups excluding tert-OH is 1. The molecular formula is C44H47NO6S. The summed E-state index contributed by atoms with van der Waals surface area (Å²) in [5, 5.41) is 28.1. The van der Waals surface area contributed by atoms with E-state index in [9.17, 15) is 19.8 Å². The lowest BCUT2D eigenvalue weighted by Gasteiger charge is -2.71. The van der Waals surface area contributed by atoms with Gasteiger partial charge in [0.25, 0.3) is 0 Å². The number of ketones is 1. The van der Waals surface area contributed by atoms with Crippen LogP contribution in [0.5, 0.6) is 5.75 Å². The molecule has 10 rings (SSSR count). The van der Waals surface area contributed by atoms with Gasteiger partial charge in [0.05, 0.1) is 24.5 Å². The lowest BCUT2D eigenvalue weighted by Crippen LogP contribution is -2.67. The molecule has 0 radical (unpaired) electrons. The number of hydrogen-bond acceptors (Lipinski definition) is 7. The number of hydrogen-bond donors (Lipinski definition) is 2. The van der Waals surface area contributed by atoms with E-state index in [1.54, 1.807) is 34.6 Å². The monoisotopic (exact) mass is 717 g/mol. The van der Waals surface area contributed by atoms with Crippen molar-refractivity contribution in [2.45, 2.75) is 76.9 Å². The van der Waals surface area contributed by atoms with Crippen molar-refractivity contribution in [2.24, 2.45) is 33.5 Å². The first kappa shape index (κ1) is 33.8. The minimum atomic E-state index is -1.21. The number of amides is 1. The number of allylic oxidation sites excluding steroid dienone is 4. The summed E-state index contributed by atoms with van der Waals surface area (Å²) in [5.41, 5.74) is -2.20. The molecule has 0 saturated heterocycles. The van der Waals surface area contributed by atoms with Gasteiger partial charge in [-0.2, -0.15) is 0 Å². The highest BCUT2D eigenvalue weighted by atomic mass is 32.1. The summed E-state index contributed by atoms with van der Waals surface area (Å²) in [6.07, 6.45) is 13.2. The lowest BCUT2D eigenvalue weighted by atomic mass is 9.32. The van der Waals surface area contributed by atoms with Crippen LogP contribution in [0.3, 0.4) is 0 Å². The van der Waals surface area contributed by atoms with Gasteiger partial charge >= 0.3 is 6.09 Å². The molecule has 52 heavy (non-hydrogen) atoms. The summed E-state index contributed by atoms with van der Waals surface area (Å²) < 4.78 is 11.8. The third kappa shape index (κ3) is 4.83. The van der Waals surface area contributed by atoms with Gasteiger partial charge in [-0.25, -0.2) is 4.79 Å². The Bertz CT molecular complexity index is 2090. The highest BCUT2D eigenvalue weighted by molar-refractivity contribution is 7.09. The number of benzene rings is 2. The Morgan fingerprint density at radius 1 is 0.923 bits per heavy atom. The first-order chi connectivity index (χ1) is 25.0. The van der Waals surface area contributed by atoms with Gasteiger partial charge in [-0.15, -0.1) is 11.3 Å². The first-order valence-corrected chi connectivity index (χ1v) is 19.8. The number of ether oxygens (including phenoxy) is 1. The van der Waals surface area contributed by atoms with Gasteiger partial charge in [0.2, 0.25) is 5.78 Å². The number of rotatable bonds is 8. The highest BCUT2D eigenvalue weighted by Crippen LogP contribution is 2.78. The molecule has 6 aliphatic rings. The van der Waals surface area contributed by atoms with Crippen LogP contribution < -0.4 is 4.74 Å². The number of nitrogens with zero attached hydrogens (tertiary/aromatic N) is 1. The molecule has 4 aromatic rings. The molecule has 2 N–H and O–H groups in total. The lowest BCUT2D eigenvalue weighted by molar-refractivity contribution is -0.175. The molecular weight excluding hydrogens is 671 g/mol. The van der Waals surface area contributed by atoms with E-state index in [4.69, 9.17) is 9.15 Å². The van der Waals surface area contributed by atoms with Crippen LogP contribution in [0.2, 0.25) is 0 Å². The molecule has 1 amide bonds. The summed E-state index contributed by atoms with van der Waals surface area (Å²) in [4.78, 5) is 31.6. The topological polar surface area (TPSA) is 100 Å².